The van der Waals surface area contributed by atoms with Crippen LogP contribution in [0.25, 0.3) is 0 Å². The molecule has 0 radical (unpaired) electrons. The Kier molecular flexibility index (Phi) is 4.88. The molecule has 22 heavy (non-hydrogen) atoms. The average Bonchev–Trinajstić information content (AvgIpc) is 2.94. The van der Waals surface area contributed by atoms with E-state index in [1.165, 1.54) is 42.4 Å². The third-order valence-corrected chi connectivity index (χ3v) is 4.62. The van der Waals surface area contributed by atoms with Gasteiger partial charge in [0.2, 0.25) is 5.91 Å². The zero-order valence-corrected chi connectivity index (χ0v) is 13.3. The number of rotatable bonds is 6. The van der Waals surface area contributed by atoms with Gasteiger partial charge >= 0.3 is 0 Å². The van der Waals surface area contributed by atoms with Crippen LogP contribution in [0.4, 0.5) is 0 Å². The summed E-state index contributed by atoms with van der Waals surface area (Å²) in [4.78, 5) is 11.2. The van der Waals surface area contributed by atoms with Crippen molar-refractivity contribution in [3.63, 3.8) is 0 Å². The van der Waals surface area contributed by atoms with Gasteiger partial charge in [0, 0.05) is 12.8 Å². The molecule has 0 bridgehead atoms. The Hall–Kier alpha value is -1.68. The highest BCUT2D eigenvalue weighted by Gasteiger charge is 2.22. The molecule has 0 fully saturated rings. The van der Waals surface area contributed by atoms with Crippen molar-refractivity contribution in [1.29, 1.82) is 0 Å². The van der Waals surface area contributed by atoms with E-state index >= 15 is 0 Å². The Morgan fingerprint density at radius 2 is 2.09 bits per heavy atom. The lowest BCUT2D eigenvalue weighted by Crippen LogP contribution is -2.25. The number of carbonyl (C=O) groups is 1. The summed E-state index contributed by atoms with van der Waals surface area (Å²) in [5, 5.41) is 7.70. The predicted molar refractivity (Wildman–Crippen MR) is 89.0 cm³/mol. The van der Waals surface area contributed by atoms with E-state index in [4.69, 9.17) is 0 Å². The lowest BCUT2D eigenvalue weighted by atomic mass is 10.00. The summed E-state index contributed by atoms with van der Waals surface area (Å²) in [5.74, 6) is 0.784. The van der Waals surface area contributed by atoms with E-state index in [2.05, 4.69) is 41.0 Å². The van der Waals surface area contributed by atoms with E-state index in [1.807, 2.05) is 0 Å². The van der Waals surface area contributed by atoms with Gasteiger partial charge < -0.3 is 5.32 Å². The second-order valence-corrected chi connectivity index (χ2v) is 6.39. The van der Waals surface area contributed by atoms with Crippen LogP contribution in [0.1, 0.15) is 49.3 Å². The Morgan fingerprint density at radius 3 is 2.86 bits per heavy atom. The van der Waals surface area contributed by atoms with E-state index in [0.717, 1.165) is 31.1 Å². The molecule has 2 N–H and O–H groups in total. The highest BCUT2D eigenvalue weighted by Crippen LogP contribution is 2.30. The van der Waals surface area contributed by atoms with Crippen LogP contribution in [0.3, 0.4) is 0 Å². The van der Waals surface area contributed by atoms with Gasteiger partial charge in [0.25, 0.3) is 0 Å². The molecule has 4 heteroatoms. The highest BCUT2D eigenvalue weighted by atomic mass is 16.2. The van der Waals surface area contributed by atoms with E-state index in [-0.39, 0.29) is 5.91 Å². The number of nitrogens with one attached hydrogen (secondary N) is 2. The number of hydrogen-bond donors (Lipinski definition) is 2. The van der Waals surface area contributed by atoms with E-state index < -0.39 is 0 Å². The normalized spacial score (nSPS) is 20.5. The molecule has 2 aliphatic rings. The molecule has 1 aliphatic heterocycles. The Bertz CT molecular complexity index is 580. The first-order chi connectivity index (χ1) is 10.8. The van der Waals surface area contributed by atoms with Gasteiger partial charge in [-0.05, 0) is 67.4 Å². The largest absolute Gasteiger partial charge is 0.317 e. The molecular weight excluding hydrogens is 274 g/mol. The van der Waals surface area contributed by atoms with E-state index in [1.54, 1.807) is 0 Å². The predicted octanol–water partition coefficient (Wildman–Crippen LogP) is 2.41. The lowest BCUT2D eigenvalue weighted by Gasteiger charge is -2.13. The topological polar surface area (TPSA) is 53.5 Å². The maximum Gasteiger partial charge on any atom is 0.240 e. The SMILES string of the molecule is CCCNCCC1Cc2ccc(C3=NNC(=O)CC3)cc2C1. The minimum Gasteiger partial charge on any atom is -0.317 e. The van der Waals surface area contributed by atoms with Gasteiger partial charge in [0.15, 0.2) is 0 Å². The zero-order chi connectivity index (χ0) is 15.4. The van der Waals surface area contributed by atoms with Gasteiger partial charge in [0.05, 0.1) is 5.71 Å². The Morgan fingerprint density at radius 1 is 1.23 bits per heavy atom. The molecule has 0 saturated carbocycles. The standard InChI is InChI=1S/C18H25N3O/c1-2-8-19-9-7-13-10-14-3-4-15(12-16(14)11-13)17-5-6-18(22)21-20-17/h3-4,12-13,19H,2,5-11H2,1H3,(H,21,22). The molecule has 118 valence electrons. The first-order valence-electron chi connectivity index (χ1n) is 8.44. The van der Waals surface area contributed by atoms with Crippen molar-refractivity contribution in [2.45, 2.75) is 45.4 Å². The van der Waals surface area contributed by atoms with Crippen molar-refractivity contribution in [1.82, 2.24) is 10.7 Å². The van der Waals surface area contributed by atoms with E-state index in [9.17, 15) is 4.79 Å². The van der Waals surface area contributed by atoms with Crippen molar-refractivity contribution < 1.29 is 4.79 Å². The van der Waals surface area contributed by atoms with Crippen LogP contribution < -0.4 is 10.7 Å². The fourth-order valence-corrected chi connectivity index (χ4v) is 3.38. The summed E-state index contributed by atoms with van der Waals surface area (Å²) in [7, 11) is 0. The van der Waals surface area contributed by atoms with Crippen molar-refractivity contribution in [2.24, 2.45) is 11.0 Å². The van der Waals surface area contributed by atoms with Crippen LogP contribution in [0.15, 0.2) is 23.3 Å². The van der Waals surface area contributed by atoms with Gasteiger partial charge in [-0.1, -0.05) is 19.1 Å². The third kappa shape index (κ3) is 3.55. The number of amides is 1. The maximum absolute atomic E-state index is 11.2. The minimum atomic E-state index is 0.0181. The maximum atomic E-state index is 11.2. The third-order valence-electron chi connectivity index (χ3n) is 4.62. The average molecular weight is 299 g/mol. The summed E-state index contributed by atoms with van der Waals surface area (Å²) < 4.78 is 0. The molecule has 3 rings (SSSR count). The number of nitrogens with zero attached hydrogens (tertiary/aromatic N) is 1. The van der Waals surface area contributed by atoms with Crippen LogP contribution in [-0.4, -0.2) is 24.7 Å². The number of hydrogen-bond acceptors (Lipinski definition) is 3. The van der Waals surface area contributed by atoms with Crippen LogP contribution in [0.5, 0.6) is 0 Å². The summed E-state index contributed by atoms with van der Waals surface area (Å²) in [6, 6.07) is 6.70. The molecule has 4 nitrogen and oxygen atoms in total. The van der Waals surface area contributed by atoms with E-state index in [0.29, 0.717) is 6.42 Å². The first-order valence-corrected chi connectivity index (χ1v) is 8.44. The molecule has 0 spiro atoms. The summed E-state index contributed by atoms with van der Waals surface area (Å²) in [6.45, 7) is 4.45. The lowest BCUT2D eigenvalue weighted by molar-refractivity contribution is -0.121. The molecule has 1 aromatic rings. The van der Waals surface area contributed by atoms with Gasteiger partial charge in [-0.2, -0.15) is 5.10 Å². The second-order valence-electron chi connectivity index (χ2n) is 6.39. The summed E-state index contributed by atoms with van der Waals surface area (Å²) in [5.41, 5.74) is 7.73. The van der Waals surface area contributed by atoms with Gasteiger partial charge in [-0.15, -0.1) is 0 Å². The molecular formula is C18H25N3O. The molecule has 1 unspecified atom stereocenters. The molecule has 0 saturated heterocycles. The van der Waals surface area contributed by atoms with Crippen LogP contribution in [0, 0.1) is 5.92 Å². The van der Waals surface area contributed by atoms with Crippen molar-refractivity contribution in [3.05, 3.63) is 34.9 Å². The van der Waals surface area contributed by atoms with Crippen molar-refractivity contribution in [2.75, 3.05) is 13.1 Å². The van der Waals surface area contributed by atoms with Crippen LogP contribution in [-0.2, 0) is 17.6 Å². The number of carbonyl (C=O) groups excluding carboxylic acids is 1. The van der Waals surface area contributed by atoms with Gasteiger partial charge in [-0.25, -0.2) is 5.43 Å². The van der Waals surface area contributed by atoms with Crippen molar-refractivity contribution >= 4 is 11.6 Å². The Labute approximate surface area is 132 Å². The number of fused-ring (bicyclic) bond motifs is 1. The fraction of sp³-hybridized carbons (Fsp3) is 0.556. The molecule has 1 aliphatic carbocycles. The summed E-state index contributed by atoms with van der Waals surface area (Å²) >= 11 is 0. The Balaban J connectivity index is 1.61. The summed E-state index contributed by atoms with van der Waals surface area (Å²) in [6.07, 6.45) is 6.12. The molecule has 1 aromatic carbocycles. The monoisotopic (exact) mass is 299 g/mol. The highest BCUT2D eigenvalue weighted by molar-refractivity contribution is 6.04. The number of benzene rings is 1. The quantitative estimate of drug-likeness (QED) is 0.793. The fourth-order valence-electron chi connectivity index (χ4n) is 3.38. The molecule has 1 heterocycles. The zero-order valence-electron chi connectivity index (χ0n) is 13.3. The van der Waals surface area contributed by atoms with Crippen LogP contribution in [0.2, 0.25) is 0 Å². The second kappa shape index (κ2) is 7.05. The van der Waals surface area contributed by atoms with Crippen molar-refractivity contribution in [3.8, 4) is 0 Å². The van der Waals surface area contributed by atoms with Gasteiger partial charge in [-0.3, -0.25) is 4.79 Å². The molecule has 1 atom stereocenters. The van der Waals surface area contributed by atoms with Gasteiger partial charge in [0.1, 0.15) is 0 Å². The minimum absolute atomic E-state index is 0.0181. The smallest absolute Gasteiger partial charge is 0.240 e. The number of hydrazone groups is 1. The van der Waals surface area contributed by atoms with Crippen LogP contribution >= 0.6 is 0 Å². The first kappa shape index (κ1) is 15.2. The molecule has 0 aromatic heterocycles. The molecule has 1 amide bonds.